The van der Waals surface area contributed by atoms with Crippen LogP contribution in [0.15, 0.2) is 48.5 Å². The van der Waals surface area contributed by atoms with Gasteiger partial charge < -0.3 is 10.2 Å². The number of fused-ring (bicyclic) bond motifs is 1. The number of carbonyl (C=O) groups is 1. The van der Waals surface area contributed by atoms with E-state index in [0.717, 1.165) is 11.3 Å². The van der Waals surface area contributed by atoms with Crippen molar-refractivity contribution in [3.8, 4) is 0 Å². The molecular formula is C16H15ClN2O. The molecule has 20 heavy (non-hydrogen) atoms. The summed E-state index contributed by atoms with van der Waals surface area (Å²) in [5, 5.41) is 4.13. The summed E-state index contributed by atoms with van der Waals surface area (Å²) in [5.41, 5.74) is 1.96. The second-order valence-electron chi connectivity index (χ2n) is 5.11. The third-order valence-electron chi connectivity index (χ3n) is 3.92. The second-order valence-corrected chi connectivity index (χ2v) is 5.55. The van der Waals surface area contributed by atoms with Crippen molar-refractivity contribution < 1.29 is 4.79 Å². The minimum atomic E-state index is -0.587. The summed E-state index contributed by atoms with van der Waals surface area (Å²) in [4.78, 5) is 14.3. The lowest BCUT2D eigenvalue weighted by Crippen LogP contribution is -2.53. The van der Waals surface area contributed by atoms with Crippen LogP contribution in [0.3, 0.4) is 0 Å². The van der Waals surface area contributed by atoms with E-state index in [-0.39, 0.29) is 5.91 Å². The van der Waals surface area contributed by atoms with Gasteiger partial charge >= 0.3 is 0 Å². The van der Waals surface area contributed by atoms with Crippen molar-refractivity contribution in [3.63, 3.8) is 0 Å². The molecule has 0 aliphatic carbocycles. The lowest BCUT2D eigenvalue weighted by atomic mass is 9.94. The molecule has 0 spiro atoms. The average Bonchev–Trinajstić information content (AvgIpc) is 2.46. The van der Waals surface area contributed by atoms with Crippen molar-refractivity contribution in [2.75, 3.05) is 12.4 Å². The lowest BCUT2D eigenvalue weighted by molar-refractivity contribution is 0.0615. The number of amides is 1. The highest BCUT2D eigenvalue weighted by molar-refractivity contribution is 6.30. The van der Waals surface area contributed by atoms with Gasteiger partial charge in [-0.05, 0) is 36.8 Å². The van der Waals surface area contributed by atoms with Crippen LogP contribution in [0.4, 0.5) is 5.69 Å². The van der Waals surface area contributed by atoms with Gasteiger partial charge in [-0.3, -0.25) is 4.79 Å². The average molecular weight is 287 g/mol. The summed E-state index contributed by atoms with van der Waals surface area (Å²) in [6, 6.07) is 15.1. The summed E-state index contributed by atoms with van der Waals surface area (Å²) < 4.78 is 0. The van der Waals surface area contributed by atoms with Crippen molar-refractivity contribution in [1.82, 2.24) is 4.90 Å². The van der Waals surface area contributed by atoms with Crippen LogP contribution in [-0.2, 0) is 5.66 Å². The van der Waals surface area contributed by atoms with Crippen LogP contribution < -0.4 is 5.32 Å². The van der Waals surface area contributed by atoms with E-state index in [4.69, 9.17) is 11.6 Å². The molecule has 1 amide bonds. The monoisotopic (exact) mass is 286 g/mol. The fourth-order valence-electron chi connectivity index (χ4n) is 2.55. The Balaban J connectivity index is 2.11. The van der Waals surface area contributed by atoms with E-state index in [1.807, 2.05) is 55.5 Å². The number of hydrogen-bond acceptors (Lipinski definition) is 2. The van der Waals surface area contributed by atoms with E-state index in [0.29, 0.717) is 10.6 Å². The second kappa shape index (κ2) is 4.53. The molecule has 1 atom stereocenters. The Bertz CT molecular complexity index is 668. The van der Waals surface area contributed by atoms with E-state index in [2.05, 4.69) is 5.32 Å². The van der Waals surface area contributed by atoms with Gasteiger partial charge in [-0.15, -0.1) is 0 Å². The molecule has 1 unspecified atom stereocenters. The fourth-order valence-corrected chi connectivity index (χ4v) is 2.67. The Morgan fingerprint density at radius 3 is 2.45 bits per heavy atom. The molecule has 0 aromatic heterocycles. The Morgan fingerprint density at radius 1 is 1.10 bits per heavy atom. The zero-order chi connectivity index (χ0) is 14.3. The first-order valence-electron chi connectivity index (χ1n) is 6.44. The van der Waals surface area contributed by atoms with Crippen molar-refractivity contribution in [1.29, 1.82) is 0 Å². The molecule has 1 N–H and O–H groups in total. The van der Waals surface area contributed by atoms with Crippen LogP contribution in [0.5, 0.6) is 0 Å². The third kappa shape index (κ3) is 1.86. The first kappa shape index (κ1) is 13.0. The van der Waals surface area contributed by atoms with Crippen LogP contribution in [0, 0.1) is 0 Å². The minimum absolute atomic E-state index is 0.0109. The highest BCUT2D eigenvalue weighted by Gasteiger charge is 2.39. The molecule has 0 radical (unpaired) electrons. The van der Waals surface area contributed by atoms with Gasteiger partial charge in [0.2, 0.25) is 0 Å². The van der Waals surface area contributed by atoms with Crippen LogP contribution in [0.2, 0.25) is 5.02 Å². The van der Waals surface area contributed by atoms with Gasteiger partial charge in [-0.25, -0.2) is 0 Å². The van der Waals surface area contributed by atoms with E-state index in [1.54, 1.807) is 11.9 Å². The van der Waals surface area contributed by atoms with Crippen molar-refractivity contribution in [2.45, 2.75) is 12.6 Å². The molecule has 2 aromatic carbocycles. The molecule has 1 heterocycles. The molecular weight excluding hydrogens is 272 g/mol. The molecule has 0 bridgehead atoms. The highest BCUT2D eigenvalue weighted by atomic mass is 35.5. The zero-order valence-corrected chi connectivity index (χ0v) is 12.1. The van der Waals surface area contributed by atoms with E-state index in [1.165, 1.54) is 0 Å². The number of para-hydroxylation sites is 1. The highest BCUT2D eigenvalue weighted by Crippen LogP contribution is 2.36. The van der Waals surface area contributed by atoms with Gasteiger partial charge in [0.1, 0.15) is 5.66 Å². The van der Waals surface area contributed by atoms with Crippen LogP contribution in [0.25, 0.3) is 0 Å². The lowest BCUT2D eigenvalue weighted by Gasteiger charge is -2.44. The summed E-state index contributed by atoms with van der Waals surface area (Å²) in [6.45, 7) is 1.99. The van der Waals surface area contributed by atoms with Crippen molar-refractivity contribution in [3.05, 3.63) is 64.7 Å². The number of anilines is 1. The van der Waals surface area contributed by atoms with Crippen LogP contribution in [0.1, 0.15) is 22.8 Å². The van der Waals surface area contributed by atoms with Gasteiger partial charge in [0.05, 0.1) is 5.56 Å². The van der Waals surface area contributed by atoms with Crippen molar-refractivity contribution in [2.24, 2.45) is 0 Å². The largest absolute Gasteiger partial charge is 0.358 e. The van der Waals surface area contributed by atoms with Gasteiger partial charge in [0, 0.05) is 17.8 Å². The molecule has 3 rings (SSSR count). The number of nitrogens with zero attached hydrogens (tertiary/aromatic N) is 1. The van der Waals surface area contributed by atoms with Crippen LogP contribution >= 0.6 is 11.6 Å². The number of hydrogen-bond donors (Lipinski definition) is 1. The van der Waals surface area contributed by atoms with Gasteiger partial charge in [0.15, 0.2) is 0 Å². The topological polar surface area (TPSA) is 32.3 Å². The van der Waals surface area contributed by atoms with Gasteiger partial charge in [-0.1, -0.05) is 35.9 Å². The summed E-state index contributed by atoms with van der Waals surface area (Å²) in [6.07, 6.45) is 0. The normalized spacial score (nSPS) is 21.4. The summed E-state index contributed by atoms with van der Waals surface area (Å²) in [5.74, 6) is 0.0109. The molecule has 2 aromatic rings. The van der Waals surface area contributed by atoms with Crippen LogP contribution in [-0.4, -0.2) is 17.9 Å². The number of rotatable bonds is 1. The predicted octanol–water partition coefficient (Wildman–Crippen LogP) is 3.71. The Hall–Kier alpha value is -2.00. The van der Waals surface area contributed by atoms with Crippen molar-refractivity contribution >= 4 is 23.2 Å². The number of nitrogens with one attached hydrogen (secondary N) is 1. The number of carbonyl (C=O) groups excluding carboxylic acids is 1. The fraction of sp³-hybridized carbons (Fsp3) is 0.188. The molecule has 102 valence electrons. The summed E-state index contributed by atoms with van der Waals surface area (Å²) in [7, 11) is 1.81. The number of halogens is 1. The van der Waals surface area contributed by atoms with Gasteiger partial charge in [-0.2, -0.15) is 0 Å². The van der Waals surface area contributed by atoms with E-state index >= 15 is 0 Å². The maximum Gasteiger partial charge on any atom is 0.257 e. The molecule has 0 saturated heterocycles. The first-order valence-corrected chi connectivity index (χ1v) is 6.81. The molecule has 1 aliphatic rings. The van der Waals surface area contributed by atoms with E-state index < -0.39 is 5.66 Å². The molecule has 4 heteroatoms. The zero-order valence-electron chi connectivity index (χ0n) is 11.4. The van der Waals surface area contributed by atoms with Gasteiger partial charge in [0.25, 0.3) is 5.91 Å². The Kier molecular flexibility index (Phi) is 2.94. The SMILES string of the molecule is CN1C(=O)c2ccccc2NC1(C)c1ccc(Cl)cc1. The molecule has 1 aliphatic heterocycles. The minimum Gasteiger partial charge on any atom is -0.358 e. The van der Waals surface area contributed by atoms with E-state index in [9.17, 15) is 4.79 Å². The predicted molar refractivity (Wildman–Crippen MR) is 81.0 cm³/mol. The molecule has 3 nitrogen and oxygen atoms in total. The Labute approximate surface area is 123 Å². The standard InChI is InChI=1S/C16H15ClN2O/c1-16(11-7-9-12(17)10-8-11)18-14-6-4-3-5-13(14)15(20)19(16)2/h3-10,18H,1-2H3. The summed E-state index contributed by atoms with van der Waals surface area (Å²) >= 11 is 5.94. The first-order chi connectivity index (χ1) is 9.52. The molecule has 0 saturated carbocycles. The number of benzene rings is 2. The smallest absolute Gasteiger partial charge is 0.257 e. The third-order valence-corrected chi connectivity index (χ3v) is 4.17. The maximum absolute atomic E-state index is 12.5. The molecule has 0 fully saturated rings. The quantitative estimate of drug-likeness (QED) is 0.867. The maximum atomic E-state index is 12.5. The Morgan fingerprint density at radius 2 is 1.75 bits per heavy atom.